The maximum Gasteiger partial charge on any atom is 0.501 e. The van der Waals surface area contributed by atoms with E-state index in [9.17, 15) is 34.4 Å². The van der Waals surface area contributed by atoms with Crippen molar-refractivity contribution in [3.05, 3.63) is 126 Å². The van der Waals surface area contributed by atoms with E-state index >= 15 is 0 Å². The van der Waals surface area contributed by atoms with Crippen molar-refractivity contribution in [2.24, 2.45) is 0 Å². The van der Waals surface area contributed by atoms with Crippen LogP contribution in [0.25, 0.3) is 11.1 Å². The molecule has 1 N–H and O–H groups in total. The van der Waals surface area contributed by atoms with Crippen LogP contribution in [-0.4, -0.2) is 111 Å². The molecule has 3 aliphatic rings. The first-order chi connectivity index (χ1) is 30.0. The zero-order valence-electron chi connectivity index (χ0n) is 34.9. The minimum absolute atomic E-state index is 0.00479. The summed E-state index contributed by atoms with van der Waals surface area (Å²) in [6, 6.07) is 27.4. The van der Waals surface area contributed by atoms with E-state index in [0.29, 0.717) is 62.1 Å². The summed E-state index contributed by atoms with van der Waals surface area (Å²) in [5, 5.41) is 0. The molecular weight excluding hydrogens is 875 g/mol. The second kappa shape index (κ2) is 18.1. The number of benzene rings is 4. The third-order valence-corrected chi connectivity index (χ3v) is 16.4. The largest absolute Gasteiger partial charge is 0.501 e. The van der Waals surface area contributed by atoms with Crippen LogP contribution in [0.5, 0.6) is 0 Å². The molecule has 5 aromatic rings. The molecule has 0 aliphatic carbocycles. The van der Waals surface area contributed by atoms with Gasteiger partial charge in [-0.2, -0.15) is 13.2 Å². The molecule has 4 aromatic carbocycles. The first-order valence-corrected chi connectivity index (χ1v) is 24.7. The van der Waals surface area contributed by atoms with Gasteiger partial charge in [0, 0.05) is 48.4 Å². The predicted molar refractivity (Wildman–Crippen MR) is 237 cm³/mol. The minimum Gasteiger partial charge on any atom is -0.360 e. The molecule has 0 spiro atoms. The van der Waals surface area contributed by atoms with Gasteiger partial charge in [0.25, 0.3) is 19.9 Å². The Morgan fingerprint density at radius 1 is 0.889 bits per heavy atom. The van der Waals surface area contributed by atoms with Gasteiger partial charge in [-0.25, -0.2) is 31.2 Å². The van der Waals surface area contributed by atoms with Crippen molar-refractivity contribution in [2.45, 2.75) is 70.5 Å². The summed E-state index contributed by atoms with van der Waals surface area (Å²) in [7, 11) is -6.83. The number of hydrogen-bond donors (Lipinski definition) is 1. The van der Waals surface area contributed by atoms with Gasteiger partial charge in [0.15, 0.2) is 0 Å². The highest BCUT2D eigenvalue weighted by atomic mass is 32.2. The lowest BCUT2D eigenvalue weighted by atomic mass is 9.96. The molecule has 11 nitrogen and oxygen atoms in total. The van der Waals surface area contributed by atoms with E-state index < -0.39 is 40.7 Å². The third-order valence-electron chi connectivity index (χ3n) is 12.2. The van der Waals surface area contributed by atoms with Crippen molar-refractivity contribution in [2.75, 3.05) is 62.2 Å². The molecule has 3 aliphatic heterocycles. The molecule has 1 atom stereocenters. The van der Waals surface area contributed by atoms with Crippen molar-refractivity contribution in [3.8, 4) is 11.1 Å². The Hall–Kier alpha value is -4.59. The lowest BCUT2D eigenvalue weighted by Crippen LogP contribution is -2.46. The second-order valence-corrected chi connectivity index (χ2v) is 21.3. The predicted octanol–water partition coefficient (Wildman–Crippen LogP) is 7.70. The van der Waals surface area contributed by atoms with Gasteiger partial charge >= 0.3 is 5.51 Å². The van der Waals surface area contributed by atoms with Gasteiger partial charge in [0.05, 0.1) is 21.8 Å². The topological polar surface area (TPSA) is 119 Å². The number of anilines is 2. The van der Waals surface area contributed by atoms with E-state index in [-0.39, 0.29) is 23.4 Å². The van der Waals surface area contributed by atoms with Gasteiger partial charge in [0.1, 0.15) is 22.9 Å². The van der Waals surface area contributed by atoms with Crippen molar-refractivity contribution >= 4 is 43.1 Å². The summed E-state index contributed by atoms with van der Waals surface area (Å²) in [6.45, 7) is 4.46. The summed E-state index contributed by atoms with van der Waals surface area (Å²) >= 11 is 1.52. The Morgan fingerprint density at radius 2 is 1.60 bits per heavy atom. The number of likely N-dealkylation sites (tertiary alicyclic amines) is 1. The highest BCUT2D eigenvalue weighted by molar-refractivity contribution is 7.99. The lowest BCUT2D eigenvalue weighted by Gasteiger charge is -2.40. The molecule has 1 aromatic heterocycles. The highest BCUT2D eigenvalue weighted by Crippen LogP contribution is 2.49. The first kappa shape index (κ1) is 45.0. The van der Waals surface area contributed by atoms with Crippen molar-refractivity contribution < 1.29 is 34.4 Å². The third kappa shape index (κ3) is 9.90. The zero-order valence-corrected chi connectivity index (χ0v) is 37.4. The second-order valence-electron chi connectivity index (χ2n) is 16.7. The number of nitrogens with zero attached hydrogens (tertiary/aromatic N) is 6. The number of thioether (sulfide) groups is 1. The SMILES string of the molecule is CN(C)CCC1(CSc2ccccc2)CN1c1ccc(S(=O)(=O)Nc2ncnc3c2CCN(C2CCN(Cc4ccccc4-c4ccc(F)cc4)CC2)C3)cc1S(=O)(=O)C(F)(F)F. The fourth-order valence-corrected chi connectivity index (χ4v) is 11.9. The molecular formula is C45H49F4N7O4S3. The van der Waals surface area contributed by atoms with Gasteiger partial charge in [-0.3, -0.25) is 14.5 Å². The van der Waals surface area contributed by atoms with Crippen LogP contribution in [0.3, 0.4) is 0 Å². The average Bonchev–Trinajstić information content (AvgIpc) is 3.99. The quantitative estimate of drug-likeness (QED) is 0.0633. The summed E-state index contributed by atoms with van der Waals surface area (Å²) in [6.07, 6.45) is 4.05. The fraction of sp³-hybridized carbons (Fsp3) is 0.378. The van der Waals surface area contributed by atoms with Crippen molar-refractivity contribution in [3.63, 3.8) is 0 Å². The van der Waals surface area contributed by atoms with Crippen LogP contribution >= 0.6 is 11.8 Å². The first-order valence-electron chi connectivity index (χ1n) is 20.7. The molecule has 0 bridgehead atoms. The Balaban J connectivity index is 0.966. The van der Waals surface area contributed by atoms with Crippen LogP contribution < -0.4 is 9.62 Å². The van der Waals surface area contributed by atoms with Gasteiger partial charge in [-0.15, -0.1) is 11.8 Å². The Kier molecular flexibility index (Phi) is 12.9. The number of piperidine rings is 1. The van der Waals surface area contributed by atoms with Crippen molar-refractivity contribution in [1.82, 2.24) is 24.7 Å². The zero-order chi connectivity index (χ0) is 44.6. The smallest absolute Gasteiger partial charge is 0.360 e. The molecule has 0 saturated carbocycles. The normalized spacial score (nSPS) is 19.0. The number of alkyl halides is 3. The van der Waals surface area contributed by atoms with E-state index in [0.717, 1.165) is 54.6 Å². The molecule has 2 fully saturated rings. The molecule has 0 amide bonds. The number of halogens is 4. The molecule has 2 saturated heterocycles. The molecule has 1 unspecified atom stereocenters. The van der Waals surface area contributed by atoms with Crippen LogP contribution in [0.4, 0.5) is 29.1 Å². The Morgan fingerprint density at radius 3 is 2.32 bits per heavy atom. The van der Waals surface area contributed by atoms with Gasteiger partial charge < -0.3 is 9.80 Å². The van der Waals surface area contributed by atoms with E-state index in [1.54, 1.807) is 17.0 Å². The Labute approximate surface area is 370 Å². The maximum atomic E-state index is 14.3. The van der Waals surface area contributed by atoms with Gasteiger partial charge in [-0.05, 0) is 119 Å². The standard InChI is InChI=1S/C45H49F4N7O4S3/c1-53(2)25-21-44(30-61-36-9-4-3-5-10-36)29-56(44)41-17-16-37(26-42(41)62(57,58)45(47,48)49)63(59,60)52-43-39-20-24-55(28-40(39)50-31-51-43)35-18-22-54(23-19-35)27-33-8-6-7-11-38(33)32-12-14-34(46)15-13-32/h3-17,26,31,35H,18-25,27-30H2,1-2H3,(H,50,51,52). The fourth-order valence-electron chi connectivity index (χ4n) is 8.61. The minimum atomic E-state index is -5.98. The maximum absolute atomic E-state index is 14.3. The number of hydrogen-bond acceptors (Lipinski definition) is 11. The summed E-state index contributed by atoms with van der Waals surface area (Å²) < 4.78 is 113. The number of sulfonamides is 1. The molecule has 63 heavy (non-hydrogen) atoms. The Bertz CT molecular complexity index is 2650. The number of nitrogens with one attached hydrogen (secondary N) is 1. The van der Waals surface area contributed by atoms with Crippen LogP contribution in [0.15, 0.2) is 118 Å². The van der Waals surface area contributed by atoms with E-state index in [1.807, 2.05) is 61.5 Å². The number of aromatic nitrogens is 2. The van der Waals surface area contributed by atoms with Crippen LogP contribution in [0.1, 0.15) is 36.1 Å². The molecule has 18 heteroatoms. The number of rotatable bonds is 15. The number of fused-ring (bicyclic) bond motifs is 1. The highest BCUT2D eigenvalue weighted by Gasteiger charge is 2.55. The molecule has 0 radical (unpaired) electrons. The molecule has 334 valence electrons. The summed E-state index contributed by atoms with van der Waals surface area (Å²) in [5.41, 5.74) is -2.10. The number of sulfone groups is 1. The van der Waals surface area contributed by atoms with E-state index in [2.05, 4.69) is 36.6 Å². The van der Waals surface area contributed by atoms with Crippen LogP contribution in [-0.2, 0) is 39.4 Å². The van der Waals surface area contributed by atoms with E-state index in [1.165, 1.54) is 41.9 Å². The summed E-state index contributed by atoms with van der Waals surface area (Å²) in [5.74, 6) is 0.205. The monoisotopic (exact) mass is 923 g/mol. The summed E-state index contributed by atoms with van der Waals surface area (Å²) in [4.78, 5) is 16.3. The average molecular weight is 924 g/mol. The van der Waals surface area contributed by atoms with Crippen LogP contribution in [0.2, 0.25) is 0 Å². The van der Waals surface area contributed by atoms with Crippen molar-refractivity contribution in [1.29, 1.82) is 0 Å². The lowest BCUT2D eigenvalue weighted by molar-refractivity contribution is -0.0435. The molecule has 4 heterocycles. The van der Waals surface area contributed by atoms with Gasteiger partial charge in [0.2, 0.25) is 0 Å². The van der Waals surface area contributed by atoms with Crippen LogP contribution in [0, 0.1) is 5.82 Å². The molecule has 8 rings (SSSR count). The van der Waals surface area contributed by atoms with Gasteiger partial charge in [-0.1, -0.05) is 54.6 Å². The van der Waals surface area contributed by atoms with E-state index in [4.69, 9.17) is 0 Å².